The lowest BCUT2D eigenvalue weighted by Crippen LogP contribution is -2.06. The summed E-state index contributed by atoms with van der Waals surface area (Å²) < 4.78 is 5.44. The van der Waals surface area contributed by atoms with Gasteiger partial charge in [0, 0.05) is 35.6 Å². The van der Waals surface area contributed by atoms with Crippen LogP contribution in [0.2, 0.25) is 0 Å². The van der Waals surface area contributed by atoms with Crippen LogP contribution in [0.1, 0.15) is 34.0 Å². The normalized spacial score (nSPS) is 10.7. The van der Waals surface area contributed by atoms with Gasteiger partial charge in [-0.3, -0.25) is 19.7 Å². The third-order valence-corrected chi connectivity index (χ3v) is 5.03. The number of methoxy groups -OCH3 is 1. The summed E-state index contributed by atoms with van der Waals surface area (Å²) in [4.78, 5) is 31.2. The smallest absolute Gasteiger partial charge is 0.181 e. The van der Waals surface area contributed by atoms with Gasteiger partial charge in [-0.15, -0.1) is 0 Å². The summed E-state index contributed by atoms with van der Waals surface area (Å²) in [6, 6.07) is 20.7. The first-order chi connectivity index (χ1) is 15.5. The molecule has 0 saturated heterocycles. The average molecular weight is 425 g/mol. The van der Waals surface area contributed by atoms with Gasteiger partial charge in [0.1, 0.15) is 11.4 Å². The number of aryl methyl sites for hydroxylation is 3. The highest BCUT2D eigenvalue weighted by Crippen LogP contribution is 2.23. The molecule has 0 radical (unpaired) electrons. The summed E-state index contributed by atoms with van der Waals surface area (Å²) in [5.74, 6) is 0.644. The number of carbonyl (C=O) groups excluding carboxylic acids is 1. The van der Waals surface area contributed by atoms with E-state index in [-0.39, 0.29) is 5.78 Å². The maximum absolute atomic E-state index is 12.9. The van der Waals surface area contributed by atoms with Crippen molar-refractivity contribution in [1.82, 2.24) is 19.9 Å². The molecule has 0 spiro atoms. The molecule has 0 aromatic carbocycles. The van der Waals surface area contributed by atoms with Crippen molar-refractivity contribution >= 4 is 5.78 Å². The molecule has 32 heavy (non-hydrogen) atoms. The van der Waals surface area contributed by atoms with E-state index >= 15 is 0 Å². The van der Waals surface area contributed by atoms with Crippen molar-refractivity contribution in [2.24, 2.45) is 0 Å². The summed E-state index contributed by atoms with van der Waals surface area (Å²) in [5.41, 5.74) is 5.96. The molecule has 0 aliphatic heterocycles. The molecule has 0 saturated carbocycles. The zero-order valence-corrected chi connectivity index (χ0v) is 18.4. The van der Waals surface area contributed by atoms with Crippen LogP contribution in [0.25, 0.3) is 22.8 Å². The van der Waals surface area contributed by atoms with E-state index < -0.39 is 0 Å². The second-order valence-electron chi connectivity index (χ2n) is 7.54. The van der Waals surface area contributed by atoms with Gasteiger partial charge < -0.3 is 4.74 Å². The number of hydrogen-bond donors (Lipinski definition) is 0. The number of aromatic nitrogens is 4. The third kappa shape index (κ3) is 5.03. The topological polar surface area (TPSA) is 77.9 Å². The van der Waals surface area contributed by atoms with Crippen LogP contribution in [-0.4, -0.2) is 32.8 Å². The Morgan fingerprint density at radius 2 is 1.34 bits per heavy atom. The molecule has 4 aromatic heterocycles. The van der Waals surface area contributed by atoms with Gasteiger partial charge in [-0.2, -0.15) is 0 Å². The quantitative estimate of drug-likeness (QED) is 0.387. The average Bonchev–Trinajstić information content (AvgIpc) is 2.82. The van der Waals surface area contributed by atoms with E-state index in [0.717, 1.165) is 34.2 Å². The van der Waals surface area contributed by atoms with Crippen LogP contribution in [0.15, 0.2) is 66.7 Å². The van der Waals surface area contributed by atoms with E-state index in [0.29, 0.717) is 30.0 Å². The van der Waals surface area contributed by atoms with Gasteiger partial charge in [0.25, 0.3) is 0 Å². The van der Waals surface area contributed by atoms with Crippen LogP contribution in [0.5, 0.6) is 5.75 Å². The predicted octanol–water partition coefficient (Wildman–Crippen LogP) is 5.04. The number of Topliss-reactive ketones (excluding diaryl/α,β-unsaturated/α-hetero) is 1. The minimum absolute atomic E-state index is 0.0423. The Balaban J connectivity index is 1.53. The zero-order chi connectivity index (χ0) is 22.5. The van der Waals surface area contributed by atoms with Crippen molar-refractivity contribution in [2.75, 3.05) is 7.11 Å². The van der Waals surface area contributed by atoms with Crippen LogP contribution >= 0.6 is 0 Å². The monoisotopic (exact) mass is 424 g/mol. The molecular weight excluding hydrogens is 400 g/mol. The standard InChI is InChI=1S/C26H24N4O2/c1-17-7-4-9-21(27-17)22-11-6-12-24(30-22)26(31)14-13-19-15-20(32-3)16-25(29-19)23-10-5-8-18(2)28-23/h4-12,15-16H,13-14H2,1-3H3. The summed E-state index contributed by atoms with van der Waals surface area (Å²) in [5, 5.41) is 0. The van der Waals surface area contributed by atoms with Crippen molar-refractivity contribution in [3.8, 4) is 28.5 Å². The lowest BCUT2D eigenvalue weighted by atomic mass is 10.1. The van der Waals surface area contributed by atoms with Crippen molar-refractivity contribution < 1.29 is 9.53 Å². The molecular formula is C26H24N4O2. The Labute approximate surface area is 187 Å². The number of ketones is 1. The van der Waals surface area contributed by atoms with Crippen LogP contribution < -0.4 is 4.74 Å². The van der Waals surface area contributed by atoms with Gasteiger partial charge in [0.2, 0.25) is 0 Å². The predicted molar refractivity (Wildman–Crippen MR) is 124 cm³/mol. The van der Waals surface area contributed by atoms with E-state index in [4.69, 9.17) is 9.72 Å². The lowest BCUT2D eigenvalue weighted by Gasteiger charge is -2.09. The SMILES string of the molecule is COc1cc(CCC(=O)c2cccc(-c3cccc(C)n3)n2)nc(-c2cccc(C)n2)c1. The summed E-state index contributed by atoms with van der Waals surface area (Å²) >= 11 is 0. The van der Waals surface area contributed by atoms with Gasteiger partial charge in [0.15, 0.2) is 5.78 Å². The van der Waals surface area contributed by atoms with Gasteiger partial charge in [0.05, 0.1) is 29.9 Å². The first-order valence-corrected chi connectivity index (χ1v) is 10.4. The molecule has 4 aromatic rings. The van der Waals surface area contributed by atoms with Crippen LogP contribution in [0, 0.1) is 13.8 Å². The molecule has 0 N–H and O–H groups in total. The molecule has 4 heterocycles. The molecule has 160 valence electrons. The van der Waals surface area contributed by atoms with Crippen LogP contribution in [0.4, 0.5) is 0 Å². The Kier molecular flexibility index (Phi) is 6.31. The molecule has 0 bridgehead atoms. The Hall–Kier alpha value is -3.93. The molecule has 0 unspecified atom stereocenters. The molecule has 0 aliphatic carbocycles. The summed E-state index contributed by atoms with van der Waals surface area (Å²) in [6.07, 6.45) is 0.766. The van der Waals surface area contributed by atoms with E-state index in [9.17, 15) is 4.79 Å². The second-order valence-corrected chi connectivity index (χ2v) is 7.54. The van der Waals surface area contributed by atoms with Crippen molar-refractivity contribution in [3.05, 3.63) is 89.5 Å². The maximum atomic E-state index is 12.9. The minimum Gasteiger partial charge on any atom is -0.497 e. The van der Waals surface area contributed by atoms with Gasteiger partial charge in [-0.05, 0) is 56.7 Å². The molecule has 6 nitrogen and oxygen atoms in total. The van der Waals surface area contributed by atoms with Crippen molar-refractivity contribution in [1.29, 1.82) is 0 Å². The third-order valence-electron chi connectivity index (χ3n) is 5.03. The fourth-order valence-electron chi connectivity index (χ4n) is 3.41. The summed E-state index contributed by atoms with van der Waals surface area (Å²) in [7, 11) is 1.62. The van der Waals surface area contributed by atoms with Gasteiger partial charge in [-0.1, -0.05) is 18.2 Å². The maximum Gasteiger partial charge on any atom is 0.181 e. The van der Waals surface area contributed by atoms with Crippen LogP contribution in [-0.2, 0) is 6.42 Å². The van der Waals surface area contributed by atoms with E-state index in [1.165, 1.54) is 0 Å². The second kappa shape index (κ2) is 9.47. The molecule has 0 fully saturated rings. The Morgan fingerprint density at radius 1 is 0.750 bits per heavy atom. The molecule has 0 atom stereocenters. The number of pyridine rings is 4. The zero-order valence-electron chi connectivity index (χ0n) is 18.4. The van der Waals surface area contributed by atoms with E-state index in [1.54, 1.807) is 13.2 Å². The van der Waals surface area contributed by atoms with E-state index in [2.05, 4.69) is 15.0 Å². The van der Waals surface area contributed by atoms with Crippen molar-refractivity contribution in [2.45, 2.75) is 26.7 Å². The highest BCUT2D eigenvalue weighted by atomic mass is 16.5. The first-order valence-electron chi connectivity index (χ1n) is 10.4. The Morgan fingerprint density at radius 3 is 1.97 bits per heavy atom. The highest BCUT2D eigenvalue weighted by molar-refractivity contribution is 5.94. The molecule has 6 heteroatoms. The largest absolute Gasteiger partial charge is 0.497 e. The van der Waals surface area contributed by atoms with Gasteiger partial charge >= 0.3 is 0 Å². The fourth-order valence-corrected chi connectivity index (χ4v) is 3.41. The van der Waals surface area contributed by atoms with Crippen molar-refractivity contribution in [3.63, 3.8) is 0 Å². The molecule has 0 amide bonds. The molecule has 0 aliphatic rings. The lowest BCUT2D eigenvalue weighted by molar-refractivity contribution is 0.0978. The number of ether oxygens (including phenoxy) is 1. The number of carbonyl (C=O) groups is 1. The molecule has 4 rings (SSSR count). The first kappa shape index (κ1) is 21.3. The van der Waals surface area contributed by atoms with Crippen LogP contribution in [0.3, 0.4) is 0 Å². The highest BCUT2D eigenvalue weighted by Gasteiger charge is 2.13. The summed E-state index contributed by atoms with van der Waals surface area (Å²) in [6.45, 7) is 3.87. The van der Waals surface area contributed by atoms with E-state index in [1.807, 2.05) is 74.5 Å². The number of nitrogens with zero attached hydrogens (tertiary/aromatic N) is 4. The minimum atomic E-state index is -0.0423. The Bertz CT molecular complexity index is 1270. The fraction of sp³-hybridized carbons (Fsp3) is 0.192. The number of rotatable bonds is 7. The van der Waals surface area contributed by atoms with Gasteiger partial charge in [-0.25, -0.2) is 4.98 Å². The number of hydrogen-bond acceptors (Lipinski definition) is 6.